The van der Waals surface area contributed by atoms with Crippen LogP contribution in [-0.2, 0) is 4.74 Å². The maximum Gasteiger partial charge on any atom is 0.0931 e. The number of ether oxygens (including phenoxy) is 1. The first-order chi connectivity index (χ1) is 10.2. The molecule has 2 nitrogen and oxygen atoms in total. The fourth-order valence-corrected chi connectivity index (χ4v) is 4.03. The highest BCUT2D eigenvalue weighted by Crippen LogP contribution is 2.32. The summed E-state index contributed by atoms with van der Waals surface area (Å²) < 4.78 is 6.51. The molecule has 0 saturated carbocycles. The van der Waals surface area contributed by atoms with Gasteiger partial charge in [0.15, 0.2) is 0 Å². The molecule has 2 heterocycles. The van der Waals surface area contributed by atoms with Crippen molar-refractivity contribution >= 4 is 34.3 Å². The lowest BCUT2D eigenvalue weighted by Crippen LogP contribution is -2.25. The standard InChI is InChI=1S/C16H22ClNOS2/c1-12(2)7-9-19-10-8-18-16(13-4-3-11-20-13)14-5-6-15(17)21-14/h3-6,11-12,16,18H,7-10H2,1-2H3. The summed E-state index contributed by atoms with van der Waals surface area (Å²) in [7, 11) is 0. The fourth-order valence-electron chi connectivity index (χ4n) is 1.98. The van der Waals surface area contributed by atoms with Crippen LogP contribution in [-0.4, -0.2) is 19.8 Å². The van der Waals surface area contributed by atoms with E-state index >= 15 is 0 Å². The van der Waals surface area contributed by atoms with Crippen molar-refractivity contribution in [1.82, 2.24) is 5.32 Å². The van der Waals surface area contributed by atoms with Crippen molar-refractivity contribution in [1.29, 1.82) is 0 Å². The van der Waals surface area contributed by atoms with E-state index in [4.69, 9.17) is 16.3 Å². The van der Waals surface area contributed by atoms with E-state index in [9.17, 15) is 0 Å². The van der Waals surface area contributed by atoms with Gasteiger partial charge in [0, 0.05) is 22.9 Å². The van der Waals surface area contributed by atoms with E-state index in [1.807, 2.05) is 6.07 Å². The molecule has 0 amide bonds. The number of hydrogen-bond acceptors (Lipinski definition) is 4. The van der Waals surface area contributed by atoms with Gasteiger partial charge in [-0.2, -0.15) is 0 Å². The summed E-state index contributed by atoms with van der Waals surface area (Å²) in [6.07, 6.45) is 1.12. The molecular formula is C16H22ClNOS2. The Morgan fingerprint density at radius 1 is 1.19 bits per heavy atom. The van der Waals surface area contributed by atoms with Gasteiger partial charge in [-0.15, -0.1) is 22.7 Å². The number of halogens is 1. The van der Waals surface area contributed by atoms with Gasteiger partial charge in [-0.1, -0.05) is 31.5 Å². The molecule has 116 valence electrons. The van der Waals surface area contributed by atoms with Crippen LogP contribution < -0.4 is 5.32 Å². The van der Waals surface area contributed by atoms with Crippen LogP contribution in [0, 0.1) is 5.92 Å². The van der Waals surface area contributed by atoms with E-state index in [-0.39, 0.29) is 6.04 Å². The molecule has 0 aliphatic heterocycles. The van der Waals surface area contributed by atoms with Gasteiger partial charge in [0.1, 0.15) is 0 Å². The Bertz CT molecular complexity index is 510. The van der Waals surface area contributed by atoms with E-state index in [1.54, 1.807) is 22.7 Å². The molecule has 0 bridgehead atoms. The smallest absolute Gasteiger partial charge is 0.0931 e. The zero-order valence-corrected chi connectivity index (χ0v) is 14.9. The minimum absolute atomic E-state index is 0.219. The molecule has 2 aromatic heterocycles. The summed E-state index contributed by atoms with van der Waals surface area (Å²) in [5.41, 5.74) is 0. The Hall–Kier alpha value is -0.390. The fraction of sp³-hybridized carbons (Fsp3) is 0.500. The van der Waals surface area contributed by atoms with Crippen LogP contribution in [0.4, 0.5) is 0 Å². The Balaban J connectivity index is 1.83. The topological polar surface area (TPSA) is 21.3 Å². The molecule has 0 saturated heterocycles. The maximum atomic E-state index is 6.07. The molecule has 1 unspecified atom stereocenters. The minimum atomic E-state index is 0.219. The van der Waals surface area contributed by atoms with Gasteiger partial charge in [-0.3, -0.25) is 0 Å². The van der Waals surface area contributed by atoms with Gasteiger partial charge in [-0.25, -0.2) is 0 Å². The number of nitrogens with one attached hydrogen (secondary N) is 1. The minimum Gasteiger partial charge on any atom is -0.380 e. The predicted octanol–water partition coefficient (Wildman–Crippen LogP) is 5.20. The van der Waals surface area contributed by atoms with Gasteiger partial charge in [0.25, 0.3) is 0 Å². The zero-order chi connectivity index (χ0) is 15.1. The average Bonchev–Trinajstić information content (AvgIpc) is 3.09. The van der Waals surface area contributed by atoms with Crippen LogP contribution in [0.25, 0.3) is 0 Å². The van der Waals surface area contributed by atoms with E-state index in [0.717, 1.165) is 30.5 Å². The summed E-state index contributed by atoms with van der Waals surface area (Å²) in [4.78, 5) is 2.57. The first-order valence-electron chi connectivity index (χ1n) is 7.26. The molecule has 1 N–H and O–H groups in total. The second-order valence-electron chi connectivity index (χ2n) is 5.34. The summed E-state index contributed by atoms with van der Waals surface area (Å²) in [6.45, 7) is 6.86. The van der Waals surface area contributed by atoms with Crippen LogP contribution in [0.2, 0.25) is 4.34 Å². The molecule has 1 atom stereocenters. The Morgan fingerprint density at radius 2 is 2.05 bits per heavy atom. The van der Waals surface area contributed by atoms with E-state index in [2.05, 4.69) is 42.7 Å². The Labute approximate surface area is 140 Å². The highest BCUT2D eigenvalue weighted by molar-refractivity contribution is 7.16. The number of rotatable bonds is 9. The van der Waals surface area contributed by atoms with E-state index < -0.39 is 0 Å². The summed E-state index contributed by atoms with van der Waals surface area (Å²) >= 11 is 9.47. The molecule has 0 radical (unpaired) electrons. The quantitative estimate of drug-likeness (QED) is 0.631. The zero-order valence-electron chi connectivity index (χ0n) is 12.5. The molecule has 0 aliphatic rings. The van der Waals surface area contributed by atoms with Crippen LogP contribution >= 0.6 is 34.3 Å². The van der Waals surface area contributed by atoms with E-state index in [0.29, 0.717) is 5.92 Å². The van der Waals surface area contributed by atoms with Crippen molar-refractivity contribution in [2.75, 3.05) is 19.8 Å². The first kappa shape index (κ1) is 17.0. The van der Waals surface area contributed by atoms with Crippen molar-refractivity contribution < 1.29 is 4.74 Å². The van der Waals surface area contributed by atoms with Crippen LogP contribution in [0.3, 0.4) is 0 Å². The normalized spacial score (nSPS) is 13.0. The van der Waals surface area contributed by atoms with Crippen molar-refractivity contribution in [2.24, 2.45) is 5.92 Å². The Kier molecular flexibility index (Phi) is 7.20. The molecule has 0 spiro atoms. The second kappa shape index (κ2) is 8.91. The van der Waals surface area contributed by atoms with Crippen molar-refractivity contribution in [2.45, 2.75) is 26.3 Å². The molecule has 5 heteroatoms. The van der Waals surface area contributed by atoms with Gasteiger partial charge in [-0.05, 0) is 35.9 Å². The monoisotopic (exact) mass is 343 g/mol. The van der Waals surface area contributed by atoms with Gasteiger partial charge < -0.3 is 10.1 Å². The molecule has 0 fully saturated rings. The maximum absolute atomic E-state index is 6.07. The molecule has 0 aliphatic carbocycles. The van der Waals surface area contributed by atoms with Gasteiger partial charge in [0.2, 0.25) is 0 Å². The van der Waals surface area contributed by atoms with Crippen molar-refractivity contribution in [3.05, 3.63) is 43.7 Å². The summed E-state index contributed by atoms with van der Waals surface area (Å²) in [5.74, 6) is 0.699. The third-order valence-corrected chi connectivity index (χ3v) is 5.37. The number of hydrogen-bond donors (Lipinski definition) is 1. The largest absolute Gasteiger partial charge is 0.380 e. The van der Waals surface area contributed by atoms with Crippen molar-refractivity contribution in [3.8, 4) is 0 Å². The third-order valence-electron chi connectivity index (χ3n) is 3.14. The molecule has 2 aromatic rings. The van der Waals surface area contributed by atoms with E-state index in [1.165, 1.54) is 9.75 Å². The van der Waals surface area contributed by atoms with Gasteiger partial charge >= 0.3 is 0 Å². The first-order valence-corrected chi connectivity index (χ1v) is 9.34. The molecular weight excluding hydrogens is 322 g/mol. The predicted molar refractivity (Wildman–Crippen MR) is 93.8 cm³/mol. The lowest BCUT2D eigenvalue weighted by molar-refractivity contribution is 0.124. The van der Waals surface area contributed by atoms with Crippen LogP contribution in [0.1, 0.15) is 36.1 Å². The molecule has 2 rings (SSSR count). The van der Waals surface area contributed by atoms with Crippen molar-refractivity contribution in [3.63, 3.8) is 0 Å². The van der Waals surface area contributed by atoms with Gasteiger partial charge in [0.05, 0.1) is 17.0 Å². The second-order valence-corrected chi connectivity index (χ2v) is 8.07. The summed E-state index contributed by atoms with van der Waals surface area (Å²) in [5, 5.41) is 5.69. The van der Waals surface area contributed by atoms with Crippen LogP contribution in [0.5, 0.6) is 0 Å². The average molecular weight is 344 g/mol. The lowest BCUT2D eigenvalue weighted by Gasteiger charge is -2.16. The molecule has 21 heavy (non-hydrogen) atoms. The number of thiophene rings is 2. The van der Waals surface area contributed by atoms with Crippen LogP contribution in [0.15, 0.2) is 29.6 Å². The third kappa shape index (κ3) is 5.72. The SMILES string of the molecule is CC(C)CCOCCNC(c1cccs1)c1ccc(Cl)s1. The molecule has 0 aromatic carbocycles. The Morgan fingerprint density at radius 3 is 2.67 bits per heavy atom. The summed E-state index contributed by atoms with van der Waals surface area (Å²) in [6, 6.07) is 8.53. The lowest BCUT2D eigenvalue weighted by atomic mass is 10.1. The highest BCUT2D eigenvalue weighted by atomic mass is 35.5. The highest BCUT2D eigenvalue weighted by Gasteiger charge is 2.16.